The van der Waals surface area contributed by atoms with Crippen molar-refractivity contribution in [3.8, 4) is 0 Å². The smallest absolute Gasteiger partial charge is 0.319 e. The molecule has 0 unspecified atom stereocenters. The highest BCUT2D eigenvalue weighted by atomic mass is 32.2. The first-order valence-corrected chi connectivity index (χ1v) is 9.05. The Bertz CT molecular complexity index is 726. The Balaban J connectivity index is 1.93. The van der Waals surface area contributed by atoms with Crippen LogP contribution in [0.2, 0.25) is 0 Å². The van der Waals surface area contributed by atoms with Gasteiger partial charge in [-0.15, -0.1) is 11.8 Å². The Morgan fingerprint density at radius 3 is 2.16 bits per heavy atom. The van der Waals surface area contributed by atoms with Gasteiger partial charge < -0.3 is 10.1 Å². The molecule has 2 rings (SSSR count). The zero-order valence-electron chi connectivity index (χ0n) is 14.9. The summed E-state index contributed by atoms with van der Waals surface area (Å²) >= 11 is 1.41. The van der Waals surface area contributed by atoms with Gasteiger partial charge in [-0.05, 0) is 51.0 Å². The van der Waals surface area contributed by atoms with Crippen molar-refractivity contribution in [2.45, 2.75) is 43.9 Å². The summed E-state index contributed by atoms with van der Waals surface area (Å²) in [5.41, 5.74) is 2.71. The molecule has 0 saturated heterocycles. The standard InChI is InChI=1S/C20H23NO3S/c1-13-9-8-10-14(2)18(13)21-19(22)15(3)24-20(23)16(4)25-17-11-6-5-7-12-17/h5-12,15-16H,1-4H3,(H,21,22)/t15-,16+/m0/s1. The van der Waals surface area contributed by atoms with Crippen molar-refractivity contribution < 1.29 is 14.3 Å². The summed E-state index contributed by atoms with van der Waals surface area (Å²) in [7, 11) is 0. The molecule has 0 aliphatic rings. The molecule has 0 aromatic heterocycles. The van der Waals surface area contributed by atoms with E-state index in [1.807, 2.05) is 62.4 Å². The van der Waals surface area contributed by atoms with E-state index in [1.165, 1.54) is 11.8 Å². The van der Waals surface area contributed by atoms with E-state index in [9.17, 15) is 9.59 Å². The number of hydrogen-bond acceptors (Lipinski definition) is 4. The molecule has 1 amide bonds. The van der Waals surface area contributed by atoms with E-state index in [0.29, 0.717) is 0 Å². The third kappa shape index (κ3) is 5.36. The molecule has 132 valence electrons. The number of rotatable bonds is 6. The molecule has 0 bridgehead atoms. The molecule has 0 heterocycles. The summed E-state index contributed by atoms with van der Waals surface area (Å²) < 4.78 is 5.33. The zero-order valence-corrected chi connectivity index (χ0v) is 15.7. The number of aryl methyl sites for hydroxylation is 2. The fourth-order valence-corrected chi connectivity index (χ4v) is 3.19. The highest BCUT2D eigenvalue weighted by Gasteiger charge is 2.23. The molecule has 0 fully saturated rings. The number of benzene rings is 2. The summed E-state index contributed by atoms with van der Waals surface area (Å²) in [4.78, 5) is 25.5. The molecular weight excluding hydrogens is 334 g/mol. The van der Waals surface area contributed by atoms with Gasteiger partial charge in [0.05, 0.1) is 0 Å². The van der Waals surface area contributed by atoms with Crippen molar-refractivity contribution >= 4 is 29.3 Å². The van der Waals surface area contributed by atoms with E-state index in [4.69, 9.17) is 4.74 Å². The number of esters is 1. The van der Waals surface area contributed by atoms with E-state index < -0.39 is 17.3 Å². The predicted molar refractivity (Wildman–Crippen MR) is 102 cm³/mol. The first-order chi connectivity index (χ1) is 11.9. The molecule has 0 aliphatic heterocycles. The molecule has 2 aromatic carbocycles. The topological polar surface area (TPSA) is 55.4 Å². The minimum atomic E-state index is -0.856. The lowest BCUT2D eigenvalue weighted by molar-refractivity contribution is -0.152. The molecule has 0 radical (unpaired) electrons. The lowest BCUT2D eigenvalue weighted by atomic mass is 10.1. The number of hydrogen-bond donors (Lipinski definition) is 1. The molecule has 5 heteroatoms. The summed E-state index contributed by atoms with van der Waals surface area (Å²) in [6.07, 6.45) is -0.856. The van der Waals surface area contributed by atoms with Crippen LogP contribution < -0.4 is 5.32 Å². The van der Waals surface area contributed by atoms with E-state index >= 15 is 0 Å². The number of carbonyl (C=O) groups is 2. The van der Waals surface area contributed by atoms with Gasteiger partial charge in [0, 0.05) is 10.6 Å². The maximum Gasteiger partial charge on any atom is 0.319 e. The van der Waals surface area contributed by atoms with E-state index in [2.05, 4.69) is 5.32 Å². The lowest BCUT2D eigenvalue weighted by Gasteiger charge is -2.18. The van der Waals surface area contributed by atoms with Crippen LogP contribution in [0.5, 0.6) is 0 Å². The maximum atomic E-state index is 12.3. The maximum absolute atomic E-state index is 12.3. The fourth-order valence-electron chi connectivity index (χ4n) is 2.31. The number of nitrogens with one attached hydrogen (secondary N) is 1. The zero-order chi connectivity index (χ0) is 18.4. The molecule has 25 heavy (non-hydrogen) atoms. The average Bonchev–Trinajstić information content (AvgIpc) is 2.58. The van der Waals surface area contributed by atoms with Gasteiger partial charge in [0.15, 0.2) is 6.10 Å². The number of thioether (sulfide) groups is 1. The van der Waals surface area contributed by atoms with Crippen LogP contribution in [0.25, 0.3) is 0 Å². The highest BCUT2D eigenvalue weighted by molar-refractivity contribution is 8.00. The van der Waals surface area contributed by atoms with Crippen molar-refractivity contribution in [1.82, 2.24) is 0 Å². The monoisotopic (exact) mass is 357 g/mol. The molecule has 2 aromatic rings. The van der Waals surface area contributed by atoms with Gasteiger partial charge in [-0.25, -0.2) is 0 Å². The van der Waals surface area contributed by atoms with Gasteiger partial charge in [-0.2, -0.15) is 0 Å². The number of carbonyl (C=O) groups excluding carboxylic acids is 2. The second-order valence-electron chi connectivity index (χ2n) is 5.91. The van der Waals surface area contributed by atoms with Crippen LogP contribution in [-0.4, -0.2) is 23.2 Å². The van der Waals surface area contributed by atoms with Crippen LogP contribution in [0, 0.1) is 13.8 Å². The fraction of sp³-hybridized carbons (Fsp3) is 0.300. The molecule has 1 N–H and O–H groups in total. The van der Waals surface area contributed by atoms with Gasteiger partial charge in [-0.1, -0.05) is 36.4 Å². The summed E-state index contributed by atoms with van der Waals surface area (Å²) in [5, 5.41) is 2.46. The van der Waals surface area contributed by atoms with Crippen LogP contribution in [0.3, 0.4) is 0 Å². The number of amides is 1. The Morgan fingerprint density at radius 2 is 1.56 bits per heavy atom. The second kappa shape index (κ2) is 8.72. The summed E-state index contributed by atoms with van der Waals surface area (Å²) in [6, 6.07) is 15.4. The normalized spacial score (nSPS) is 13.0. The largest absolute Gasteiger partial charge is 0.452 e. The van der Waals surface area contributed by atoms with Gasteiger partial charge in [0.1, 0.15) is 5.25 Å². The third-order valence-corrected chi connectivity index (χ3v) is 4.87. The van der Waals surface area contributed by atoms with Crippen molar-refractivity contribution in [1.29, 1.82) is 0 Å². The van der Waals surface area contributed by atoms with Crippen LogP contribution >= 0.6 is 11.8 Å². The van der Waals surface area contributed by atoms with Crippen LogP contribution in [0.15, 0.2) is 53.4 Å². The van der Waals surface area contributed by atoms with Gasteiger partial charge in [0.2, 0.25) is 0 Å². The number of anilines is 1. The van der Waals surface area contributed by atoms with Crippen LogP contribution in [0.4, 0.5) is 5.69 Å². The van der Waals surface area contributed by atoms with Gasteiger partial charge >= 0.3 is 5.97 Å². The number of ether oxygens (including phenoxy) is 1. The number of para-hydroxylation sites is 1. The quantitative estimate of drug-likeness (QED) is 0.617. The van der Waals surface area contributed by atoms with Crippen molar-refractivity contribution in [2.24, 2.45) is 0 Å². The lowest BCUT2D eigenvalue weighted by Crippen LogP contribution is -2.32. The van der Waals surface area contributed by atoms with Gasteiger partial charge in [-0.3, -0.25) is 9.59 Å². The molecule has 0 aliphatic carbocycles. The SMILES string of the molecule is Cc1cccc(C)c1NC(=O)[C@H](C)OC(=O)[C@@H](C)Sc1ccccc1. The van der Waals surface area contributed by atoms with Crippen molar-refractivity contribution in [2.75, 3.05) is 5.32 Å². The van der Waals surface area contributed by atoms with Crippen molar-refractivity contribution in [3.05, 3.63) is 59.7 Å². The highest BCUT2D eigenvalue weighted by Crippen LogP contribution is 2.24. The van der Waals surface area contributed by atoms with E-state index in [1.54, 1.807) is 13.8 Å². The molecule has 2 atom stereocenters. The van der Waals surface area contributed by atoms with Crippen LogP contribution in [-0.2, 0) is 14.3 Å². The molecular formula is C20H23NO3S. The second-order valence-corrected chi connectivity index (χ2v) is 7.32. The molecule has 0 saturated carbocycles. The van der Waals surface area contributed by atoms with Crippen LogP contribution in [0.1, 0.15) is 25.0 Å². The first-order valence-electron chi connectivity index (χ1n) is 8.17. The Hall–Kier alpha value is -2.27. The average molecular weight is 357 g/mol. The van der Waals surface area contributed by atoms with Crippen molar-refractivity contribution in [3.63, 3.8) is 0 Å². The minimum absolute atomic E-state index is 0.331. The molecule has 4 nitrogen and oxygen atoms in total. The molecule has 0 spiro atoms. The third-order valence-electron chi connectivity index (χ3n) is 3.78. The summed E-state index contributed by atoms with van der Waals surface area (Å²) in [6.45, 7) is 7.21. The Labute approximate surface area is 153 Å². The van der Waals surface area contributed by atoms with E-state index in [-0.39, 0.29) is 5.91 Å². The Kier molecular flexibility index (Phi) is 6.65. The summed E-state index contributed by atoms with van der Waals surface area (Å²) in [5.74, 6) is -0.735. The first kappa shape index (κ1) is 19.1. The van der Waals surface area contributed by atoms with E-state index in [0.717, 1.165) is 21.7 Å². The minimum Gasteiger partial charge on any atom is -0.452 e. The predicted octanol–water partition coefficient (Wildman–Crippen LogP) is 4.35. The van der Waals surface area contributed by atoms with Gasteiger partial charge in [0.25, 0.3) is 5.91 Å². The Morgan fingerprint density at radius 1 is 0.960 bits per heavy atom.